The second-order valence-electron chi connectivity index (χ2n) is 6.33. The van der Waals surface area contributed by atoms with Gasteiger partial charge >= 0.3 is 0 Å². The topological polar surface area (TPSA) is 106 Å². The number of primary sulfonamides is 1. The molecule has 7 nitrogen and oxygen atoms in total. The van der Waals surface area contributed by atoms with Gasteiger partial charge in [-0.1, -0.05) is 24.3 Å². The van der Waals surface area contributed by atoms with Crippen LogP contribution in [0.1, 0.15) is 16.7 Å². The van der Waals surface area contributed by atoms with Crippen LogP contribution in [-0.4, -0.2) is 34.6 Å². The number of nitrogens with two attached hydrogens (primary N) is 1. The summed E-state index contributed by atoms with van der Waals surface area (Å²) >= 11 is 0. The number of benzene rings is 2. The van der Waals surface area contributed by atoms with Crippen molar-refractivity contribution in [1.82, 2.24) is 10.6 Å². The summed E-state index contributed by atoms with van der Waals surface area (Å²) in [5.41, 5.74) is 3.47. The van der Waals surface area contributed by atoms with Crippen molar-refractivity contribution in [1.29, 1.82) is 0 Å². The zero-order valence-corrected chi connectivity index (χ0v) is 18.8. The Bertz CT molecular complexity index is 931. The number of rotatable bonds is 6. The second kappa shape index (κ2) is 10.1. The van der Waals surface area contributed by atoms with Crippen LogP contribution >= 0.6 is 24.0 Å². The van der Waals surface area contributed by atoms with E-state index in [1.54, 1.807) is 19.2 Å². The highest BCUT2D eigenvalue weighted by atomic mass is 127. The average Bonchev–Trinajstić information content (AvgIpc) is 3.12. The van der Waals surface area contributed by atoms with Gasteiger partial charge in [0.05, 0.1) is 11.5 Å². The fourth-order valence-electron chi connectivity index (χ4n) is 2.92. The summed E-state index contributed by atoms with van der Waals surface area (Å²) in [6.45, 7) is 2.05. The molecule has 0 spiro atoms. The Morgan fingerprint density at radius 1 is 1.14 bits per heavy atom. The Morgan fingerprint density at radius 3 is 2.54 bits per heavy atom. The van der Waals surface area contributed by atoms with Crippen molar-refractivity contribution in [2.75, 3.05) is 20.2 Å². The number of hydrogen-bond donors (Lipinski definition) is 3. The van der Waals surface area contributed by atoms with Crippen LogP contribution in [0, 0.1) is 0 Å². The molecule has 0 atom stereocenters. The maximum absolute atomic E-state index is 11.3. The summed E-state index contributed by atoms with van der Waals surface area (Å²) in [5, 5.41) is 11.6. The van der Waals surface area contributed by atoms with Gasteiger partial charge in [0.2, 0.25) is 10.0 Å². The highest BCUT2D eigenvalue weighted by Crippen LogP contribution is 2.25. The average molecular weight is 516 g/mol. The lowest BCUT2D eigenvalue weighted by atomic mass is 10.1. The van der Waals surface area contributed by atoms with Gasteiger partial charge < -0.3 is 15.4 Å². The van der Waals surface area contributed by atoms with Gasteiger partial charge in [-0.05, 0) is 41.3 Å². The summed E-state index contributed by atoms with van der Waals surface area (Å²) in [5.74, 6) is 1.69. The van der Waals surface area contributed by atoms with Gasteiger partial charge in [-0.3, -0.25) is 4.99 Å². The molecule has 9 heteroatoms. The minimum Gasteiger partial charge on any atom is -0.493 e. The summed E-state index contributed by atoms with van der Waals surface area (Å²) in [4.78, 5) is 4.31. The lowest BCUT2D eigenvalue weighted by molar-refractivity contribution is 0.357. The molecule has 28 heavy (non-hydrogen) atoms. The largest absolute Gasteiger partial charge is 0.493 e. The quantitative estimate of drug-likeness (QED) is 0.309. The maximum Gasteiger partial charge on any atom is 0.238 e. The third-order valence-corrected chi connectivity index (χ3v) is 5.32. The molecule has 0 radical (unpaired) electrons. The number of hydrogen-bond acceptors (Lipinski definition) is 4. The van der Waals surface area contributed by atoms with Gasteiger partial charge in [0.25, 0.3) is 0 Å². The van der Waals surface area contributed by atoms with Crippen LogP contribution in [0.25, 0.3) is 0 Å². The molecule has 0 bridgehead atoms. The third-order valence-electron chi connectivity index (χ3n) is 4.40. The second-order valence-corrected chi connectivity index (χ2v) is 7.89. The number of nitrogens with one attached hydrogen (secondary N) is 2. The number of nitrogens with zero attached hydrogens (tertiary/aromatic N) is 1. The fraction of sp³-hybridized carbons (Fsp3) is 0.316. The van der Waals surface area contributed by atoms with E-state index in [-0.39, 0.29) is 28.9 Å². The number of halogens is 1. The zero-order valence-electron chi connectivity index (χ0n) is 15.6. The number of aliphatic imine (C=N–C) groups is 1. The molecule has 0 unspecified atom stereocenters. The van der Waals surface area contributed by atoms with Crippen molar-refractivity contribution >= 4 is 40.0 Å². The van der Waals surface area contributed by atoms with Crippen molar-refractivity contribution in [3.8, 4) is 5.75 Å². The minimum absolute atomic E-state index is 0. The molecule has 0 aliphatic carbocycles. The lowest BCUT2D eigenvalue weighted by Crippen LogP contribution is -2.37. The highest BCUT2D eigenvalue weighted by molar-refractivity contribution is 14.0. The normalized spacial score (nSPS) is 13.3. The molecular formula is C19H25IN4O3S. The van der Waals surface area contributed by atoms with E-state index < -0.39 is 10.0 Å². The van der Waals surface area contributed by atoms with Crippen molar-refractivity contribution < 1.29 is 13.2 Å². The van der Waals surface area contributed by atoms with E-state index in [1.807, 2.05) is 6.07 Å². The van der Waals surface area contributed by atoms with Crippen LogP contribution in [0.3, 0.4) is 0 Å². The molecule has 2 aromatic carbocycles. The van der Waals surface area contributed by atoms with E-state index in [2.05, 4.69) is 27.8 Å². The molecule has 0 saturated carbocycles. The van der Waals surface area contributed by atoms with E-state index in [0.29, 0.717) is 12.5 Å². The molecule has 1 heterocycles. The standard InChI is InChI=1S/C19H24N4O3S.HI/c1-21-19(23-13-15-2-5-17(6-3-15)27(20,24)25)22-10-8-14-4-7-18-16(12-14)9-11-26-18;/h2-7,12H,8-11,13H2,1H3,(H2,20,24,25)(H2,21,22,23);1H. The maximum atomic E-state index is 11.3. The van der Waals surface area contributed by atoms with Crippen LogP contribution in [0.5, 0.6) is 5.75 Å². The molecule has 3 rings (SSSR count). The van der Waals surface area contributed by atoms with Gasteiger partial charge in [0, 0.05) is 26.6 Å². The van der Waals surface area contributed by atoms with Gasteiger partial charge in [-0.2, -0.15) is 0 Å². The van der Waals surface area contributed by atoms with E-state index in [0.717, 1.165) is 37.3 Å². The van der Waals surface area contributed by atoms with E-state index in [4.69, 9.17) is 9.88 Å². The highest BCUT2D eigenvalue weighted by Gasteiger charge is 2.12. The first-order valence-corrected chi connectivity index (χ1v) is 10.3. The van der Waals surface area contributed by atoms with Crippen LogP contribution in [0.2, 0.25) is 0 Å². The van der Waals surface area contributed by atoms with Crippen LogP contribution in [0.4, 0.5) is 0 Å². The molecule has 152 valence electrons. The molecule has 1 aliphatic heterocycles. The van der Waals surface area contributed by atoms with Crippen molar-refractivity contribution in [3.05, 3.63) is 59.2 Å². The van der Waals surface area contributed by atoms with Crippen LogP contribution < -0.4 is 20.5 Å². The number of ether oxygens (including phenoxy) is 1. The number of sulfonamides is 1. The SMILES string of the molecule is CN=C(NCCc1ccc2c(c1)CCO2)NCc1ccc(S(N)(=O)=O)cc1.I. The summed E-state index contributed by atoms with van der Waals surface area (Å²) < 4.78 is 28.1. The monoisotopic (exact) mass is 516 g/mol. The Kier molecular flexibility index (Phi) is 8.08. The molecule has 2 aromatic rings. The molecule has 0 fully saturated rings. The Hall–Kier alpha value is -1.85. The molecule has 0 aromatic heterocycles. The van der Waals surface area contributed by atoms with Crippen LogP contribution in [-0.2, 0) is 29.4 Å². The Balaban J connectivity index is 0.00000280. The van der Waals surface area contributed by atoms with Gasteiger partial charge in [-0.15, -0.1) is 24.0 Å². The predicted octanol–water partition coefficient (Wildman–Crippen LogP) is 1.79. The summed E-state index contributed by atoms with van der Waals surface area (Å²) in [7, 11) is -1.95. The van der Waals surface area contributed by atoms with Crippen molar-refractivity contribution in [2.45, 2.75) is 24.3 Å². The smallest absolute Gasteiger partial charge is 0.238 e. The number of fused-ring (bicyclic) bond motifs is 1. The van der Waals surface area contributed by atoms with Gasteiger partial charge in [0.1, 0.15) is 5.75 Å². The van der Waals surface area contributed by atoms with Crippen LogP contribution in [0.15, 0.2) is 52.4 Å². The summed E-state index contributed by atoms with van der Waals surface area (Å²) in [6, 6.07) is 12.8. The van der Waals surface area contributed by atoms with Gasteiger partial charge in [-0.25, -0.2) is 13.6 Å². The molecule has 0 amide bonds. The lowest BCUT2D eigenvalue weighted by Gasteiger charge is -2.12. The molecule has 0 saturated heterocycles. The first-order chi connectivity index (χ1) is 13.0. The molecule has 4 N–H and O–H groups in total. The zero-order chi connectivity index (χ0) is 19.3. The minimum atomic E-state index is -3.66. The molecular weight excluding hydrogens is 491 g/mol. The van der Waals surface area contributed by atoms with E-state index in [9.17, 15) is 8.42 Å². The first kappa shape index (κ1) is 22.4. The Labute approximate surface area is 182 Å². The molecule has 1 aliphatic rings. The van der Waals surface area contributed by atoms with E-state index in [1.165, 1.54) is 23.3 Å². The number of guanidine groups is 1. The predicted molar refractivity (Wildman–Crippen MR) is 121 cm³/mol. The third kappa shape index (κ3) is 6.08. The van der Waals surface area contributed by atoms with E-state index >= 15 is 0 Å². The summed E-state index contributed by atoms with van der Waals surface area (Å²) in [6.07, 6.45) is 1.86. The van der Waals surface area contributed by atoms with Gasteiger partial charge in [0.15, 0.2) is 5.96 Å². The van der Waals surface area contributed by atoms with Crippen molar-refractivity contribution in [2.24, 2.45) is 10.1 Å². The fourth-order valence-corrected chi connectivity index (χ4v) is 3.44. The Morgan fingerprint density at radius 2 is 1.86 bits per heavy atom. The first-order valence-electron chi connectivity index (χ1n) is 8.76. The van der Waals surface area contributed by atoms with Crippen molar-refractivity contribution in [3.63, 3.8) is 0 Å².